The summed E-state index contributed by atoms with van der Waals surface area (Å²) in [5.41, 5.74) is 7.24. The van der Waals surface area contributed by atoms with Crippen molar-refractivity contribution in [2.24, 2.45) is 5.73 Å². The van der Waals surface area contributed by atoms with Gasteiger partial charge in [-0.05, 0) is 43.2 Å². The average molecular weight is 352 g/mol. The minimum Gasteiger partial charge on any atom is -0.459 e. The summed E-state index contributed by atoms with van der Waals surface area (Å²) in [6.07, 6.45) is 2.55. The van der Waals surface area contributed by atoms with E-state index < -0.39 is 0 Å². The second-order valence-corrected chi connectivity index (χ2v) is 5.42. The van der Waals surface area contributed by atoms with Crippen LogP contribution in [0, 0.1) is 0 Å². The molecule has 1 atom stereocenters. The number of nitrogens with one attached hydrogen (secondary N) is 2. The minimum atomic E-state index is -0.299. The zero-order chi connectivity index (χ0) is 16.7. The Kier molecular flexibility index (Phi) is 8.01. The predicted molar refractivity (Wildman–Crippen MR) is 95.1 cm³/mol. The smallest absolute Gasteiger partial charge is 0.291 e. The molecule has 2 aromatic rings. The van der Waals surface area contributed by atoms with Crippen LogP contribution in [0.25, 0.3) is 0 Å². The van der Waals surface area contributed by atoms with Crippen molar-refractivity contribution >= 4 is 29.9 Å². The van der Waals surface area contributed by atoms with Crippen molar-refractivity contribution in [2.45, 2.75) is 32.4 Å². The first-order valence-electron chi connectivity index (χ1n) is 7.50. The first kappa shape index (κ1) is 19.7. The Hall–Kier alpha value is -2.31. The summed E-state index contributed by atoms with van der Waals surface area (Å²) in [4.78, 5) is 23.5. The van der Waals surface area contributed by atoms with E-state index in [0.717, 1.165) is 5.56 Å². The van der Waals surface area contributed by atoms with E-state index in [9.17, 15) is 9.59 Å². The Morgan fingerprint density at radius 1 is 1.21 bits per heavy atom. The first-order valence-corrected chi connectivity index (χ1v) is 7.50. The van der Waals surface area contributed by atoms with Gasteiger partial charge in [0.2, 0.25) is 5.91 Å². The van der Waals surface area contributed by atoms with Crippen molar-refractivity contribution in [3.05, 3.63) is 54.0 Å². The highest BCUT2D eigenvalue weighted by Crippen LogP contribution is 2.12. The number of carbonyl (C=O) groups excluding carboxylic acids is 2. The number of carbonyl (C=O) groups is 2. The van der Waals surface area contributed by atoms with Crippen molar-refractivity contribution in [3.63, 3.8) is 0 Å². The van der Waals surface area contributed by atoms with Crippen LogP contribution in [0.2, 0.25) is 0 Å². The predicted octanol–water partition coefficient (Wildman–Crippen LogP) is 2.70. The van der Waals surface area contributed by atoms with Gasteiger partial charge in [-0.1, -0.05) is 12.1 Å². The Morgan fingerprint density at radius 2 is 1.92 bits per heavy atom. The lowest BCUT2D eigenvalue weighted by Crippen LogP contribution is -2.25. The van der Waals surface area contributed by atoms with Crippen LogP contribution in [-0.2, 0) is 11.3 Å². The van der Waals surface area contributed by atoms with Gasteiger partial charge in [0, 0.05) is 24.7 Å². The molecule has 0 spiro atoms. The normalized spacial score (nSPS) is 11.2. The molecule has 24 heavy (non-hydrogen) atoms. The van der Waals surface area contributed by atoms with E-state index in [1.54, 1.807) is 24.3 Å². The van der Waals surface area contributed by atoms with E-state index in [4.69, 9.17) is 10.2 Å². The number of furan rings is 1. The monoisotopic (exact) mass is 351 g/mol. The molecule has 0 aliphatic heterocycles. The summed E-state index contributed by atoms with van der Waals surface area (Å²) in [6.45, 7) is 2.33. The summed E-state index contributed by atoms with van der Waals surface area (Å²) in [5, 5.41) is 5.58. The molecule has 2 amide bonds. The maximum atomic E-state index is 11.8. The maximum absolute atomic E-state index is 11.8. The third-order valence-corrected chi connectivity index (χ3v) is 3.27. The highest BCUT2D eigenvalue weighted by Gasteiger charge is 2.08. The zero-order valence-electron chi connectivity index (χ0n) is 13.5. The summed E-state index contributed by atoms with van der Waals surface area (Å²) in [7, 11) is 0. The third kappa shape index (κ3) is 6.44. The van der Waals surface area contributed by atoms with Gasteiger partial charge in [-0.25, -0.2) is 0 Å². The van der Waals surface area contributed by atoms with Gasteiger partial charge in [-0.15, -0.1) is 12.4 Å². The molecule has 1 aromatic carbocycles. The van der Waals surface area contributed by atoms with Crippen LogP contribution >= 0.6 is 12.4 Å². The number of benzene rings is 1. The van der Waals surface area contributed by atoms with Crippen molar-refractivity contribution in [1.29, 1.82) is 0 Å². The standard InChI is InChI=1S/C17H21N3O3.ClH/c1-12(18)4-9-16(21)19-11-13-5-7-14(8-6-13)20-17(22)15-3-2-10-23-15;/h2-3,5-8,10,12H,4,9,11,18H2,1H3,(H,19,21)(H,20,22);1H. The molecule has 0 saturated carbocycles. The highest BCUT2D eigenvalue weighted by atomic mass is 35.5. The van der Waals surface area contributed by atoms with Gasteiger partial charge in [0.1, 0.15) is 0 Å². The van der Waals surface area contributed by atoms with Gasteiger partial charge in [-0.3, -0.25) is 9.59 Å². The van der Waals surface area contributed by atoms with E-state index >= 15 is 0 Å². The lowest BCUT2D eigenvalue weighted by atomic mass is 10.1. The van der Waals surface area contributed by atoms with Crippen LogP contribution in [0.4, 0.5) is 5.69 Å². The zero-order valence-corrected chi connectivity index (χ0v) is 14.3. The van der Waals surface area contributed by atoms with Crippen molar-refractivity contribution in [2.75, 3.05) is 5.32 Å². The fourth-order valence-corrected chi connectivity index (χ4v) is 1.95. The lowest BCUT2D eigenvalue weighted by molar-refractivity contribution is -0.121. The van der Waals surface area contributed by atoms with Crippen molar-refractivity contribution < 1.29 is 14.0 Å². The summed E-state index contributed by atoms with van der Waals surface area (Å²) >= 11 is 0. The van der Waals surface area contributed by atoms with Crippen molar-refractivity contribution in [3.8, 4) is 0 Å². The molecule has 1 unspecified atom stereocenters. The molecule has 0 radical (unpaired) electrons. The number of halogens is 1. The molecule has 1 heterocycles. The Bertz CT molecular complexity index is 640. The van der Waals surface area contributed by atoms with E-state index in [2.05, 4.69) is 10.6 Å². The molecule has 0 aliphatic carbocycles. The molecule has 0 saturated heterocycles. The van der Waals surface area contributed by atoms with Gasteiger partial charge < -0.3 is 20.8 Å². The maximum Gasteiger partial charge on any atom is 0.291 e. The second-order valence-electron chi connectivity index (χ2n) is 5.42. The van der Waals surface area contributed by atoms with Gasteiger partial charge in [0.25, 0.3) is 5.91 Å². The summed E-state index contributed by atoms with van der Waals surface area (Å²) in [5.74, 6) is -0.0556. The largest absolute Gasteiger partial charge is 0.459 e. The Balaban J connectivity index is 0.00000288. The van der Waals surface area contributed by atoms with E-state index in [1.165, 1.54) is 6.26 Å². The minimum absolute atomic E-state index is 0. The first-order chi connectivity index (χ1) is 11.0. The molecule has 0 aliphatic rings. The average Bonchev–Trinajstić information content (AvgIpc) is 3.07. The number of nitrogens with two attached hydrogens (primary N) is 1. The fraction of sp³-hybridized carbons (Fsp3) is 0.294. The highest BCUT2D eigenvalue weighted by molar-refractivity contribution is 6.02. The lowest BCUT2D eigenvalue weighted by Gasteiger charge is -2.08. The summed E-state index contributed by atoms with van der Waals surface area (Å²) in [6, 6.07) is 10.5. The molecule has 0 bridgehead atoms. The molecular weight excluding hydrogens is 330 g/mol. The molecule has 1 aromatic heterocycles. The topological polar surface area (TPSA) is 97.4 Å². The van der Waals surface area contributed by atoms with Gasteiger partial charge in [0.15, 0.2) is 5.76 Å². The van der Waals surface area contributed by atoms with Crippen LogP contribution in [0.3, 0.4) is 0 Å². The van der Waals surface area contributed by atoms with Crippen LogP contribution in [-0.4, -0.2) is 17.9 Å². The molecule has 2 rings (SSSR count). The number of rotatable bonds is 7. The van der Waals surface area contributed by atoms with Crippen molar-refractivity contribution in [1.82, 2.24) is 5.32 Å². The quantitative estimate of drug-likeness (QED) is 0.714. The van der Waals surface area contributed by atoms with Crippen LogP contribution in [0.5, 0.6) is 0 Å². The van der Waals surface area contributed by atoms with Gasteiger partial charge in [-0.2, -0.15) is 0 Å². The molecule has 0 fully saturated rings. The number of hydrogen-bond acceptors (Lipinski definition) is 4. The number of anilines is 1. The second kappa shape index (κ2) is 9.75. The van der Waals surface area contributed by atoms with Gasteiger partial charge in [0.05, 0.1) is 6.26 Å². The van der Waals surface area contributed by atoms with Gasteiger partial charge >= 0.3 is 0 Å². The molecule has 4 N–H and O–H groups in total. The SMILES string of the molecule is CC(N)CCC(=O)NCc1ccc(NC(=O)c2ccco2)cc1.Cl. The Labute approximate surface area is 147 Å². The molecule has 7 heteroatoms. The fourth-order valence-electron chi connectivity index (χ4n) is 1.95. The molecule has 6 nitrogen and oxygen atoms in total. The number of amides is 2. The van der Waals surface area contributed by atoms with Crippen LogP contribution in [0.15, 0.2) is 47.1 Å². The van der Waals surface area contributed by atoms with Crippen LogP contribution in [0.1, 0.15) is 35.9 Å². The van der Waals surface area contributed by atoms with E-state index in [1.807, 2.05) is 19.1 Å². The molecular formula is C17H22ClN3O3. The van der Waals surface area contributed by atoms with Crippen LogP contribution < -0.4 is 16.4 Å². The van der Waals surface area contributed by atoms with E-state index in [-0.39, 0.29) is 36.0 Å². The molecule has 130 valence electrons. The summed E-state index contributed by atoms with van der Waals surface area (Å²) < 4.78 is 5.03. The Morgan fingerprint density at radius 3 is 2.50 bits per heavy atom. The van der Waals surface area contributed by atoms with E-state index in [0.29, 0.717) is 25.1 Å². The number of hydrogen-bond donors (Lipinski definition) is 3. The third-order valence-electron chi connectivity index (χ3n) is 3.27.